The summed E-state index contributed by atoms with van der Waals surface area (Å²) in [4.78, 5) is 26.6. The van der Waals surface area contributed by atoms with Crippen LogP contribution >= 0.6 is 11.3 Å². The summed E-state index contributed by atoms with van der Waals surface area (Å²) in [6, 6.07) is 7.01. The van der Waals surface area contributed by atoms with Gasteiger partial charge in [0.25, 0.3) is 0 Å². The van der Waals surface area contributed by atoms with Gasteiger partial charge in [-0.1, -0.05) is 12.1 Å². The Labute approximate surface area is 184 Å². The minimum Gasteiger partial charge on any atom is -0.339 e. The Hall–Kier alpha value is -2.76. The minimum absolute atomic E-state index is 0.0243. The number of hydrogen-bond acceptors (Lipinski definition) is 5. The summed E-state index contributed by atoms with van der Waals surface area (Å²) in [6.45, 7) is 0. The number of halogens is 1. The lowest BCUT2D eigenvalue weighted by molar-refractivity contribution is -0.124. The van der Waals surface area contributed by atoms with E-state index < -0.39 is 6.04 Å². The molecule has 1 aromatic carbocycles. The van der Waals surface area contributed by atoms with Crippen LogP contribution in [0.4, 0.5) is 10.1 Å². The monoisotopic (exact) mass is 438 g/mol. The fourth-order valence-electron chi connectivity index (χ4n) is 5.05. The van der Waals surface area contributed by atoms with Crippen molar-refractivity contribution in [1.82, 2.24) is 10.6 Å². The number of nitrogens with one attached hydrogen (secondary N) is 2. The lowest BCUT2D eigenvalue weighted by Crippen LogP contribution is -2.50. The Morgan fingerprint density at radius 3 is 3.00 bits per heavy atom. The molecule has 4 atom stereocenters. The number of hydrogen-bond donors (Lipinski definition) is 2. The van der Waals surface area contributed by atoms with E-state index in [1.807, 2.05) is 18.2 Å². The predicted octanol–water partition coefficient (Wildman–Crippen LogP) is 2.76. The number of carbonyl (C=O) groups is 2. The maximum atomic E-state index is 15.2. The molecule has 0 radical (unpaired) electrons. The number of benzene rings is 1. The van der Waals surface area contributed by atoms with Gasteiger partial charge in [-0.3, -0.25) is 9.59 Å². The van der Waals surface area contributed by atoms with Gasteiger partial charge < -0.3 is 15.5 Å². The second-order valence-electron chi connectivity index (χ2n) is 8.67. The Kier molecular flexibility index (Phi) is 5.03. The van der Waals surface area contributed by atoms with Crippen molar-refractivity contribution < 1.29 is 14.0 Å². The molecule has 5 rings (SSSR count). The van der Waals surface area contributed by atoms with E-state index in [1.54, 1.807) is 17.3 Å². The Bertz CT molecular complexity index is 1110. The molecule has 3 aliphatic rings. The van der Waals surface area contributed by atoms with Crippen LogP contribution in [0.3, 0.4) is 0 Å². The highest BCUT2D eigenvalue weighted by atomic mass is 32.1. The molecular formula is C23H23FN4O2S. The number of rotatable bonds is 5. The van der Waals surface area contributed by atoms with Gasteiger partial charge in [0.1, 0.15) is 11.9 Å². The zero-order valence-electron chi connectivity index (χ0n) is 17.2. The Morgan fingerprint density at radius 1 is 1.45 bits per heavy atom. The summed E-state index contributed by atoms with van der Waals surface area (Å²) >= 11 is 1.25. The number of fused-ring (bicyclic) bond motifs is 3. The maximum absolute atomic E-state index is 15.2. The average molecular weight is 439 g/mol. The molecule has 1 saturated heterocycles. The molecule has 160 valence electrons. The third-order valence-electron chi connectivity index (χ3n) is 6.78. The van der Waals surface area contributed by atoms with Gasteiger partial charge >= 0.3 is 0 Å². The number of carbonyl (C=O) groups excluding carboxylic acids is 2. The van der Waals surface area contributed by atoms with E-state index >= 15 is 4.39 Å². The first-order valence-corrected chi connectivity index (χ1v) is 11.4. The Balaban J connectivity index is 1.30. The third kappa shape index (κ3) is 3.52. The SMILES string of the molecule is CN1C(=O)Cc2ccc(-c3csc(CC(C#N)NC(=O)[C@H]4N[C@H]5CC[C@H]4C5)c3F)cc21. The molecule has 8 heteroatoms. The van der Waals surface area contributed by atoms with Crippen LogP contribution in [0.15, 0.2) is 23.6 Å². The highest BCUT2D eigenvalue weighted by Gasteiger charge is 2.43. The first-order chi connectivity index (χ1) is 14.9. The number of nitriles is 1. The van der Waals surface area contributed by atoms with Crippen molar-refractivity contribution in [2.24, 2.45) is 5.92 Å². The Morgan fingerprint density at radius 2 is 2.29 bits per heavy atom. The van der Waals surface area contributed by atoms with Crippen molar-refractivity contribution in [1.29, 1.82) is 5.26 Å². The molecule has 6 nitrogen and oxygen atoms in total. The van der Waals surface area contributed by atoms with Crippen molar-refractivity contribution in [3.05, 3.63) is 39.8 Å². The van der Waals surface area contributed by atoms with Gasteiger partial charge in [-0.05, 0) is 42.4 Å². The lowest BCUT2D eigenvalue weighted by Gasteiger charge is -2.23. The largest absolute Gasteiger partial charge is 0.339 e. The number of anilines is 1. The molecular weight excluding hydrogens is 415 g/mol. The van der Waals surface area contributed by atoms with E-state index in [2.05, 4.69) is 16.7 Å². The molecule has 2 amide bonds. The molecule has 2 N–H and O–H groups in total. The van der Waals surface area contributed by atoms with Crippen molar-refractivity contribution in [3.63, 3.8) is 0 Å². The van der Waals surface area contributed by atoms with Gasteiger partial charge in [-0.25, -0.2) is 4.39 Å². The summed E-state index contributed by atoms with van der Waals surface area (Å²) in [7, 11) is 1.72. The fourth-order valence-corrected chi connectivity index (χ4v) is 6.03. The highest BCUT2D eigenvalue weighted by molar-refractivity contribution is 7.10. The smallest absolute Gasteiger partial charge is 0.238 e. The molecule has 1 unspecified atom stereocenters. The molecule has 2 fully saturated rings. The minimum atomic E-state index is -0.779. The molecule has 2 bridgehead atoms. The molecule has 2 aromatic rings. The fraction of sp³-hybridized carbons (Fsp3) is 0.435. The number of nitrogens with zero attached hydrogens (tertiary/aromatic N) is 2. The van der Waals surface area contributed by atoms with Crippen LogP contribution < -0.4 is 15.5 Å². The number of thiophene rings is 1. The standard InChI is InChI=1S/C23H23FN4O2S/c1-28-18-7-12(2-3-13(18)8-20(28)29)17-11-31-19(21(17)24)9-16(10-25)27-23(30)22-14-4-5-15(6-14)26-22/h2-3,7,11,14-16,22,26H,4-6,8-9H2,1H3,(H,27,30)/t14-,15-,16?,22-/m0/s1. The summed E-state index contributed by atoms with van der Waals surface area (Å²) in [5.41, 5.74) is 2.89. The second-order valence-corrected chi connectivity index (χ2v) is 9.63. The van der Waals surface area contributed by atoms with E-state index in [0.717, 1.165) is 30.5 Å². The zero-order chi connectivity index (χ0) is 21.7. The summed E-state index contributed by atoms with van der Waals surface area (Å²) in [5, 5.41) is 17.4. The van der Waals surface area contributed by atoms with Gasteiger partial charge in [0.2, 0.25) is 11.8 Å². The van der Waals surface area contributed by atoms with Crippen LogP contribution in [-0.2, 0) is 22.4 Å². The highest BCUT2D eigenvalue weighted by Crippen LogP contribution is 2.37. The molecule has 3 heterocycles. The van der Waals surface area contributed by atoms with Crippen LogP contribution in [0.1, 0.15) is 29.7 Å². The van der Waals surface area contributed by atoms with Gasteiger partial charge in [0.15, 0.2) is 0 Å². The van der Waals surface area contributed by atoms with Gasteiger partial charge in [0.05, 0.1) is 18.5 Å². The lowest BCUT2D eigenvalue weighted by atomic mass is 9.99. The molecule has 2 aliphatic heterocycles. The summed E-state index contributed by atoms with van der Waals surface area (Å²) in [5.74, 6) is -0.179. The van der Waals surface area contributed by atoms with E-state index in [4.69, 9.17) is 0 Å². The van der Waals surface area contributed by atoms with Gasteiger partial charge in [-0.2, -0.15) is 5.26 Å². The number of amides is 2. The van der Waals surface area contributed by atoms with Crippen LogP contribution in [0.25, 0.3) is 11.1 Å². The molecule has 0 spiro atoms. The topological polar surface area (TPSA) is 85.2 Å². The number of piperidine rings is 1. The van der Waals surface area contributed by atoms with Crippen molar-refractivity contribution in [3.8, 4) is 17.2 Å². The van der Waals surface area contributed by atoms with E-state index in [1.165, 1.54) is 11.3 Å². The average Bonchev–Trinajstić information content (AvgIpc) is 3.54. The molecule has 1 saturated carbocycles. The normalized spacial score (nSPS) is 24.9. The van der Waals surface area contributed by atoms with E-state index in [0.29, 0.717) is 34.4 Å². The summed E-state index contributed by atoms with van der Waals surface area (Å²) < 4.78 is 15.2. The first-order valence-electron chi connectivity index (χ1n) is 10.6. The quantitative estimate of drug-likeness (QED) is 0.752. The predicted molar refractivity (Wildman–Crippen MR) is 116 cm³/mol. The van der Waals surface area contributed by atoms with Crippen molar-refractivity contribution in [2.75, 3.05) is 11.9 Å². The van der Waals surface area contributed by atoms with E-state index in [-0.39, 0.29) is 30.1 Å². The van der Waals surface area contributed by atoms with E-state index in [9.17, 15) is 14.9 Å². The third-order valence-corrected chi connectivity index (χ3v) is 7.76. The van der Waals surface area contributed by atoms with Crippen molar-refractivity contribution >= 4 is 28.8 Å². The molecule has 1 aliphatic carbocycles. The van der Waals surface area contributed by atoms with Crippen LogP contribution in [-0.4, -0.2) is 37.0 Å². The summed E-state index contributed by atoms with van der Waals surface area (Å²) in [6.07, 6.45) is 3.65. The maximum Gasteiger partial charge on any atom is 0.238 e. The zero-order valence-corrected chi connectivity index (χ0v) is 18.0. The van der Waals surface area contributed by atoms with Gasteiger partial charge in [0, 0.05) is 41.0 Å². The molecule has 1 aromatic heterocycles. The second kappa shape index (κ2) is 7.74. The van der Waals surface area contributed by atoms with Gasteiger partial charge in [-0.15, -0.1) is 11.3 Å². The van der Waals surface area contributed by atoms with Crippen LogP contribution in [0.2, 0.25) is 0 Å². The van der Waals surface area contributed by atoms with Crippen LogP contribution in [0, 0.1) is 23.1 Å². The first kappa shape index (κ1) is 20.2. The number of likely N-dealkylation sites (N-methyl/N-ethyl adjacent to an activating group) is 1. The molecule has 31 heavy (non-hydrogen) atoms. The van der Waals surface area contributed by atoms with Crippen LogP contribution in [0.5, 0.6) is 0 Å². The van der Waals surface area contributed by atoms with Crippen molar-refractivity contribution in [2.45, 2.75) is 50.2 Å².